The molecule has 2 heterocycles. The highest BCUT2D eigenvalue weighted by Crippen LogP contribution is 2.13. The van der Waals surface area contributed by atoms with Crippen LogP contribution in [0.4, 0.5) is 0 Å². The molecule has 2 aromatic heterocycles. The number of nitrogens with zero attached hydrogens (tertiary/aromatic N) is 2. The summed E-state index contributed by atoms with van der Waals surface area (Å²) in [5, 5.41) is 0. The average molecular weight is 244 g/mol. The van der Waals surface area contributed by atoms with Crippen LogP contribution in [0.15, 0.2) is 24.7 Å². The largest absolute Gasteiger partial charge is 0.348 e. The van der Waals surface area contributed by atoms with Gasteiger partial charge in [0.1, 0.15) is 0 Å². The summed E-state index contributed by atoms with van der Waals surface area (Å²) in [6, 6.07) is 4.55. The number of aromatic amines is 1. The quantitative estimate of drug-likeness (QED) is 0.824. The van der Waals surface area contributed by atoms with Gasteiger partial charge in [0.25, 0.3) is 0 Å². The lowest BCUT2D eigenvalue weighted by Crippen LogP contribution is -2.43. The van der Waals surface area contributed by atoms with Crippen molar-refractivity contribution in [3.63, 3.8) is 0 Å². The monoisotopic (exact) mass is 244 g/mol. The fourth-order valence-electron chi connectivity index (χ4n) is 2.40. The van der Waals surface area contributed by atoms with Crippen LogP contribution in [0, 0.1) is 13.8 Å². The number of aryl methyl sites for hydroxylation is 3. The van der Waals surface area contributed by atoms with Crippen LogP contribution in [-0.2, 0) is 13.0 Å². The molecule has 0 bridgehead atoms. The van der Waals surface area contributed by atoms with Crippen molar-refractivity contribution in [3.05, 3.63) is 47.3 Å². The minimum atomic E-state index is 0.547. The van der Waals surface area contributed by atoms with E-state index in [4.69, 9.17) is 0 Å². The maximum Gasteiger partial charge on any atom is 0.184 e. The third kappa shape index (κ3) is 2.78. The molecule has 0 spiro atoms. The number of aromatic nitrogens is 3. The maximum absolute atomic E-state index is 4.06. The molecule has 0 aromatic carbocycles. The van der Waals surface area contributed by atoms with E-state index in [-0.39, 0.29) is 0 Å². The van der Waals surface area contributed by atoms with Gasteiger partial charge in [-0.2, -0.15) is 4.57 Å². The minimum absolute atomic E-state index is 0.547. The lowest BCUT2D eigenvalue weighted by Gasteiger charge is -2.10. The van der Waals surface area contributed by atoms with Gasteiger partial charge in [0.15, 0.2) is 17.9 Å². The van der Waals surface area contributed by atoms with E-state index in [2.05, 4.69) is 54.4 Å². The van der Waals surface area contributed by atoms with Crippen LogP contribution < -0.4 is 4.57 Å². The second-order valence-corrected chi connectivity index (χ2v) is 5.23. The van der Waals surface area contributed by atoms with Crippen molar-refractivity contribution in [2.75, 3.05) is 0 Å². The van der Waals surface area contributed by atoms with Gasteiger partial charge in [-0.15, -0.1) is 0 Å². The zero-order chi connectivity index (χ0) is 13.1. The first-order valence-electron chi connectivity index (χ1n) is 6.56. The van der Waals surface area contributed by atoms with E-state index >= 15 is 0 Å². The highest BCUT2D eigenvalue weighted by atomic mass is 15.0. The van der Waals surface area contributed by atoms with E-state index in [9.17, 15) is 0 Å². The van der Waals surface area contributed by atoms with Gasteiger partial charge in [-0.1, -0.05) is 13.8 Å². The third-order valence-corrected chi connectivity index (χ3v) is 3.30. The molecule has 1 N–H and O–H groups in total. The van der Waals surface area contributed by atoms with Gasteiger partial charge in [-0.05, 0) is 12.5 Å². The SMILES string of the molecule is Cc1cc(C)[n+](CCc2cnc[nH]2)c(C(C)C)c1. The minimum Gasteiger partial charge on any atom is -0.348 e. The first-order chi connectivity index (χ1) is 8.58. The summed E-state index contributed by atoms with van der Waals surface area (Å²) >= 11 is 0. The summed E-state index contributed by atoms with van der Waals surface area (Å²) in [6.45, 7) is 9.85. The van der Waals surface area contributed by atoms with Crippen molar-refractivity contribution in [1.29, 1.82) is 0 Å². The van der Waals surface area contributed by atoms with E-state index in [1.54, 1.807) is 6.33 Å². The standard InChI is InChI=1S/C15H22N3/c1-11(2)15-8-12(3)7-13(4)18(15)6-5-14-9-16-10-17-14/h7-11H,5-6H2,1-4H3,(H,16,17)/q+1. The van der Waals surface area contributed by atoms with Gasteiger partial charge in [0.2, 0.25) is 0 Å². The van der Waals surface area contributed by atoms with Gasteiger partial charge < -0.3 is 4.98 Å². The van der Waals surface area contributed by atoms with Gasteiger partial charge in [-0.25, -0.2) is 4.98 Å². The summed E-state index contributed by atoms with van der Waals surface area (Å²) in [4.78, 5) is 7.23. The molecule has 2 rings (SSSR count). The van der Waals surface area contributed by atoms with Crippen LogP contribution in [0.25, 0.3) is 0 Å². The summed E-state index contributed by atoms with van der Waals surface area (Å²) in [7, 11) is 0. The Hall–Kier alpha value is -1.64. The number of hydrogen-bond acceptors (Lipinski definition) is 1. The normalized spacial score (nSPS) is 11.2. The number of nitrogens with one attached hydrogen (secondary N) is 1. The van der Waals surface area contributed by atoms with Crippen LogP contribution in [0.1, 0.15) is 42.4 Å². The molecule has 0 atom stereocenters. The molecule has 2 aromatic rings. The van der Waals surface area contributed by atoms with Gasteiger partial charge in [0.05, 0.1) is 6.33 Å². The van der Waals surface area contributed by atoms with Crippen molar-refractivity contribution in [3.8, 4) is 0 Å². The molecule has 0 saturated heterocycles. The molecule has 96 valence electrons. The molecule has 0 unspecified atom stereocenters. The number of H-pyrrole nitrogens is 1. The lowest BCUT2D eigenvalue weighted by molar-refractivity contribution is -0.710. The molecule has 0 aliphatic carbocycles. The number of imidazole rings is 1. The molecular formula is C15H22N3+. The zero-order valence-electron chi connectivity index (χ0n) is 11.7. The predicted octanol–water partition coefficient (Wildman–Crippen LogP) is 2.68. The number of rotatable bonds is 4. The molecule has 0 fully saturated rings. The smallest absolute Gasteiger partial charge is 0.184 e. The Morgan fingerprint density at radius 1 is 1.28 bits per heavy atom. The molecule has 0 radical (unpaired) electrons. The van der Waals surface area contributed by atoms with Gasteiger partial charge in [-0.3, -0.25) is 0 Å². The lowest BCUT2D eigenvalue weighted by atomic mass is 10.1. The molecule has 3 nitrogen and oxygen atoms in total. The first kappa shape index (κ1) is 12.8. The first-order valence-corrected chi connectivity index (χ1v) is 6.56. The van der Waals surface area contributed by atoms with Crippen molar-refractivity contribution in [1.82, 2.24) is 9.97 Å². The topological polar surface area (TPSA) is 32.6 Å². The number of hydrogen-bond donors (Lipinski definition) is 1. The Kier molecular flexibility index (Phi) is 3.80. The van der Waals surface area contributed by atoms with Crippen molar-refractivity contribution >= 4 is 0 Å². The van der Waals surface area contributed by atoms with Crippen molar-refractivity contribution in [2.45, 2.75) is 46.6 Å². The molecule has 18 heavy (non-hydrogen) atoms. The summed E-state index contributed by atoms with van der Waals surface area (Å²) in [6.07, 6.45) is 4.64. The average Bonchev–Trinajstić information content (AvgIpc) is 2.79. The Labute approximate surface area is 109 Å². The van der Waals surface area contributed by atoms with E-state index < -0.39 is 0 Å². The van der Waals surface area contributed by atoms with Gasteiger partial charge >= 0.3 is 0 Å². The van der Waals surface area contributed by atoms with E-state index in [0.29, 0.717) is 5.92 Å². The van der Waals surface area contributed by atoms with Crippen LogP contribution in [0.2, 0.25) is 0 Å². The summed E-state index contributed by atoms with van der Waals surface area (Å²) in [5.74, 6) is 0.547. The maximum atomic E-state index is 4.06. The highest BCUT2D eigenvalue weighted by Gasteiger charge is 2.18. The summed E-state index contributed by atoms with van der Waals surface area (Å²) < 4.78 is 2.42. The fraction of sp³-hybridized carbons (Fsp3) is 0.467. The highest BCUT2D eigenvalue weighted by molar-refractivity contribution is 5.16. The molecule has 0 amide bonds. The van der Waals surface area contributed by atoms with E-state index in [1.165, 1.54) is 22.6 Å². The van der Waals surface area contributed by atoms with Crippen LogP contribution in [0.3, 0.4) is 0 Å². The van der Waals surface area contributed by atoms with Crippen molar-refractivity contribution < 1.29 is 4.57 Å². The second-order valence-electron chi connectivity index (χ2n) is 5.23. The van der Waals surface area contributed by atoms with Crippen LogP contribution >= 0.6 is 0 Å². The molecular weight excluding hydrogens is 222 g/mol. The third-order valence-electron chi connectivity index (χ3n) is 3.30. The Bertz CT molecular complexity index is 513. The molecule has 0 aliphatic heterocycles. The number of pyridine rings is 1. The van der Waals surface area contributed by atoms with Crippen molar-refractivity contribution in [2.24, 2.45) is 0 Å². The molecule has 0 saturated carbocycles. The molecule has 3 heteroatoms. The van der Waals surface area contributed by atoms with E-state index in [1.807, 2.05) is 6.20 Å². The van der Waals surface area contributed by atoms with E-state index in [0.717, 1.165) is 13.0 Å². The molecule has 0 aliphatic rings. The van der Waals surface area contributed by atoms with Crippen LogP contribution in [-0.4, -0.2) is 9.97 Å². The Balaban J connectivity index is 2.25. The van der Waals surface area contributed by atoms with Crippen LogP contribution in [0.5, 0.6) is 0 Å². The zero-order valence-corrected chi connectivity index (χ0v) is 11.7. The summed E-state index contributed by atoms with van der Waals surface area (Å²) in [5.41, 5.74) is 5.27. The van der Waals surface area contributed by atoms with Gasteiger partial charge in [0, 0.05) is 43.3 Å². The predicted molar refractivity (Wildman–Crippen MR) is 72.5 cm³/mol. The Morgan fingerprint density at radius 3 is 2.67 bits per heavy atom. The fourth-order valence-corrected chi connectivity index (χ4v) is 2.40. The Morgan fingerprint density at radius 2 is 2.06 bits per heavy atom. The second kappa shape index (κ2) is 5.34.